The lowest BCUT2D eigenvalue weighted by molar-refractivity contribution is 0.235. The van der Waals surface area contributed by atoms with Crippen molar-refractivity contribution in [1.29, 1.82) is 0 Å². The molecule has 1 unspecified atom stereocenters. The Morgan fingerprint density at radius 3 is 1.71 bits per heavy atom. The van der Waals surface area contributed by atoms with Crippen LogP contribution in [0.1, 0.15) is 92.2 Å². The SMILES string of the molecule is Cc1cc(C)c(C(N2CCN(c3ccccc3)CC2)P(C2CCCCC2)C2CCCCC2)c(C)c1. The average Bonchev–Trinajstić information content (AvgIpc) is 2.89. The van der Waals surface area contributed by atoms with Crippen molar-refractivity contribution in [3.8, 4) is 0 Å². The Hall–Kier alpha value is -1.37. The van der Waals surface area contributed by atoms with Crippen LogP contribution in [-0.2, 0) is 0 Å². The summed E-state index contributed by atoms with van der Waals surface area (Å²) in [5.41, 5.74) is 9.59. The van der Waals surface area contributed by atoms with Gasteiger partial charge < -0.3 is 4.90 Å². The van der Waals surface area contributed by atoms with E-state index in [2.05, 4.69) is 73.0 Å². The van der Waals surface area contributed by atoms with E-state index in [4.69, 9.17) is 0 Å². The van der Waals surface area contributed by atoms with Gasteiger partial charge in [0.15, 0.2) is 0 Å². The summed E-state index contributed by atoms with van der Waals surface area (Å²) in [5, 5.41) is 0. The van der Waals surface area contributed by atoms with Crippen LogP contribution >= 0.6 is 7.92 Å². The van der Waals surface area contributed by atoms with Gasteiger partial charge in [-0.2, -0.15) is 0 Å². The molecular weight excluding hydrogens is 443 g/mol. The summed E-state index contributed by atoms with van der Waals surface area (Å²) in [6, 6.07) is 16.1. The fourth-order valence-corrected chi connectivity index (χ4v) is 12.1. The number of piperazine rings is 1. The topological polar surface area (TPSA) is 6.48 Å². The van der Waals surface area contributed by atoms with Gasteiger partial charge in [0, 0.05) is 31.9 Å². The quantitative estimate of drug-likeness (QED) is 0.374. The number of hydrogen-bond donors (Lipinski definition) is 0. The van der Waals surface area contributed by atoms with Gasteiger partial charge in [-0.05, 0) is 86.6 Å². The lowest BCUT2D eigenvalue weighted by Crippen LogP contribution is -2.48. The number of para-hydroxylation sites is 1. The molecule has 0 radical (unpaired) electrons. The molecule has 0 amide bonds. The highest BCUT2D eigenvalue weighted by Gasteiger charge is 2.41. The molecule has 2 aliphatic carbocycles. The molecule has 0 aromatic heterocycles. The summed E-state index contributed by atoms with van der Waals surface area (Å²) in [5.74, 6) is 0.648. The highest BCUT2D eigenvalue weighted by atomic mass is 31.1. The lowest BCUT2D eigenvalue weighted by Gasteiger charge is -2.50. The van der Waals surface area contributed by atoms with Crippen molar-refractivity contribution in [1.82, 2.24) is 4.90 Å². The van der Waals surface area contributed by atoms with E-state index in [0.29, 0.717) is 5.78 Å². The standard InChI is InChI=1S/C32H47N2P/c1-25-23-26(2)31(27(3)24-25)32(34-21-19-33(20-22-34)28-13-7-4-8-14-28)35(29-15-9-5-10-16-29)30-17-11-6-12-18-30/h4,7-8,13-14,23-24,29-30,32H,5-6,9-12,15-22H2,1-3H3. The van der Waals surface area contributed by atoms with Crippen molar-refractivity contribution in [3.05, 3.63) is 64.7 Å². The van der Waals surface area contributed by atoms with Crippen LogP contribution in [-0.4, -0.2) is 42.4 Å². The second-order valence-corrected chi connectivity index (χ2v) is 14.4. The van der Waals surface area contributed by atoms with Gasteiger partial charge in [0.2, 0.25) is 0 Å². The van der Waals surface area contributed by atoms with Crippen LogP contribution in [0.3, 0.4) is 0 Å². The van der Waals surface area contributed by atoms with Gasteiger partial charge in [0.25, 0.3) is 0 Å². The molecule has 3 heteroatoms. The van der Waals surface area contributed by atoms with Gasteiger partial charge in [-0.3, -0.25) is 4.90 Å². The van der Waals surface area contributed by atoms with Crippen molar-refractivity contribution in [2.75, 3.05) is 31.1 Å². The molecule has 2 aromatic carbocycles. The fraction of sp³-hybridized carbons (Fsp3) is 0.625. The summed E-state index contributed by atoms with van der Waals surface area (Å²) >= 11 is 0. The summed E-state index contributed by atoms with van der Waals surface area (Å²) in [7, 11) is -0.0627. The van der Waals surface area contributed by atoms with Gasteiger partial charge in [0.05, 0.1) is 5.78 Å². The van der Waals surface area contributed by atoms with Crippen LogP contribution in [0.15, 0.2) is 42.5 Å². The maximum Gasteiger partial charge on any atom is 0.0558 e. The average molecular weight is 491 g/mol. The summed E-state index contributed by atoms with van der Waals surface area (Å²) in [6.07, 6.45) is 14.8. The molecule has 1 aliphatic heterocycles. The highest BCUT2D eigenvalue weighted by molar-refractivity contribution is 7.59. The first-order valence-corrected chi connectivity index (χ1v) is 16.1. The predicted octanol–water partition coefficient (Wildman–Crippen LogP) is 8.58. The maximum atomic E-state index is 2.97. The molecule has 1 heterocycles. The maximum absolute atomic E-state index is 2.97. The Labute approximate surface area is 216 Å². The Morgan fingerprint density at radius 1 is 0.686 bits per heavy atom. The third kappa shape index (κ3) is 5.80. The molecule has 3 fully saturated rings. The van der Waals surface area contributed by atoms with E-state index in [1.54, 1.807) is 16.7 Å². The first-order valence-electron chi connectivity index (χ1n) is 14.5. The largest absolute Gasteiger partial charge is 0.369 e. The smallest absolute Gasteiger partial charge is 0.0558 e. The van der Waals surface area contributed by atoms with E-state index in [-0.39, 0.29) is 7.92 Å². The van der Waals surface area contributed by atoms with Gasteiger partial charge in [-0.15, -0.1) is 0 Å². The minimum atomic E-state index is -0.0627. The monoisotopic (exact) mass is 490 g/mol. The first-order chi connectivity index (χ1) is 17.1. The second kappa shape index (κ2) is 11.8. The van der Waals surface area contributed by atoms with Crippen LogP contribution in [0.5, 0.6) is 0 Å². The Morgan fingerprint density at radius 2 is 1.20 bits per heavy atom. The molecule has 2 nitrogen and oxygen atoms in total. The fourth-order valence-electron chi connectivity index (χ4n) is 7.44. The van der Waals surface area contributed by atoms with E-state index < -0.39 is 0 Å². The van der Waals surface area contributed by atoms with Crippen LogP contribution in [0.2, 0.25) is 0 Å². The van der Waals surface area contributed by atoms with E-state index in [1.165, 1.54) is 88.5 Å². The van der Waals surface area contributed by atoms with Gasteiger partial charge >= 0.3 is 0 Å². The molecule has 5 rings (SSSR count). The van der Waals surface area contributed by atoms with Crippen molar-refractivity contribution in [3.63, 3.8) is 0 Å². The molecule has 0 bridgehead atoms. The third-order valence-corrected chi connectivity index (χ3v) is 12.9. The van der Waals surface area contributed by atoms with Gasteiger partial charge in [-0.25, -0.2) is 0 Å². The Bertz CT molecular complexity index is 896. The minimum Gasteiger partial charge on any atom is -0.369 e. The highest BCUT2D eigenvalue weighted by Crippen LogP contribution is 2.66. The Balaban J connectivity index is 1.50. The molecule has 35 heavy (non-hydrogen) atoms. The van der Waals surface area contributed by atoms with Gasteiger partial charge in [-0.1, -0.05) is 82.3 Å². The van der Waals surface area contributed by atoms with Crippen LogP contribution in [0, 0.1) is 20.8 Å². The number of hydrogen-bond acceptors (Lipinski definition) is 2. The second-order valence-electron chi connectivity index (χ2n) is 11.6. The minimum absolute atomic E-state index is 0.0627. The van der Waals surface area contributed by atoms with Crippen molar-refractivity contribution in [2.45, 2.75) is 102 Å². The molecule has 1 saturated heterocycles. The van der Waals surface area contributed by atoms with E-state index in [0.717, 1.165) is 24.4 Å². The van der Waals surface area contributed by atoms with Crippen molar-refractivity contribution < 1.29 is 0 Å². The van der Waals surface area contributed by atoms with E-state index in [1.807, 2.05) is 0 Å². The molecule has 0 spiro atoms. The summed E-state index contributed by atoms with van der Waals surface area (Å²) < 4.78 is 0. The van der Waals surface area contributed by atoms with Crippen LogP contribution in [0.25, 0.3) is 0 Å². The zero-order valence-electron chi connectivity index (χ0n) is 22.5. The molecule has 0 N–H and O–H groups in total. The third-order valence-electron chi connectivity index (χ3n) is 9.05. The predicted molar refractivity (Wildman–Crippen MR) is 154 cm³/mol. The molecule has 2 saturated carbocycles. The first kappa shape index (κ1) is 25.3. The summed E-state index contributed by atoms with van der Waals surface area (Å²) in [4.78, 5) is 5.59. The van der Waals surface area contributed by atoms with E-state index in [9.17, 15) is 0 Å². The van der Waals surface area contributed by atoms with E-state index >= 15 is 0 Å². The number of anilines is 1. The van der Waals surface area contributed by atoms with Gasteiger partial charge in [0.1, 0.15) is 0 Å². The molecular formula is C32H47N2P. The molecule has 2 aromatic rings. The number of rotatable bonds is 6. The number of nitrogens with zero attached hydrogens (tertiary/aromatic N) is 2. The lowest BCUT2D eigenvalue weighted by atomic mass is 9.98. The molecule has 1 atom stereocenters. The number of benzene rings is 2. The molecule has 3 aliphatic rings. The van der Waals surface area contributed by atoms with Crippen LogP contribution < -0.4 is 4.90 Å². The zero-order chi connectivity index (χ0) is 24.2. The van der Waals surface area contributed by atoms with Crippen LogP contribution in [0.4, 0.5) is 5.69 Å². The summed E-state index contributed by atoms with van der Waals surface area (Å²) in [6.45, 7) is 11.8. The number of aryl methyl sites for hydroxylation is 3. The normalized spacial score (nSPS) is 22.0. The zero-order valence-corrected chi connectivity index (χ0v) is 23.4. The Kier molecular flexibility index (Phi) is 8.51. The van der Waals surface area contributed by atoms with Crippen molar-refractivity contribution >= 4 is 13.6 Å². The molecule has 190 valence electrons. The van der Waals surface area contributed by atoms with Crippen molar-refractivity contribution in [2.24, 2.45) is 0 Å².